The van der Waals surface area contributed by atoms with Crippen molar-refractivity contribution < 1.29 is 26.7 Å². The fraction of sp³-hybridized carbons (Fsp3) is 0.200. The smallest absolute Gasteiger partial charge is 0.157 e. The van der Waals surface area contributed by atoms with Crippen LogP contribution in [-0.2, 0) is 15.6 Å². The number of rotatable bonds is 5. The molecule has 2 aromatic rings. The summed E-state index contributed by atoms with van der Waals surface area (Å²) in [6.07, 6.45) is -1.40. The molecule has 0 radical (unpaired) electrons. The van der Waals surface area contributed by atoms with Crippen molar-refractivity contribution in [1.82, 2.24) is 0 Å². The number of benzene rings is 2. The molecule has 0 bridgehead atoms. The average Bonchev–Trinajstić information content (AvgIpc) is 2.43. The van der Waals surface area contributed by atoms with Crippen molar-refractivity contribution in [3.05, 3.63) is 71.0 Å². The maximum atomic E-state index is 13.5. The predicted molar refractivity (Wildman–Crippen MR) is 75.2 cm³/mol. The third-order valence-corrected chi connectivity index (χ3v) is 4.64. The van der Waals surface area contributed by atoms with Gasteiger partial charge in [0.15, 0.2) is 9.84 Å². The van der Waals surface area contributed by atoms with E-state index in [2.05, 4.69) is 0 Å². The zero-order valence-corrected chi connectivity index (χ0v) is 12.2. The fourth-order valence-electron chi connectivity index (χ4n) is 1.97. The molecule has 22 heavy (non-hydrogen) atoms. The Balaban J connectivity index is 2.16. The summed E-state index contributed by atoms with van der Waals surface area (Å²) >= 11 is 0. The Hall–Kier alpha value is -1.86. The number of sulfone groups is 1. The number of hydrogen-bond donors (Lipinski definition) is 1. The standard InChI is InChI=1S/C15H13F3O3S/c16-11-6-4-10(5-7-11)15(19)9-22(20,21)8-12-13(17)2-1-3-14(12)18/h1-7,15,19H,8-9H2. The minimum Gasteiger partial charge on any atom is -0.387 e. The van der Waals surface area contributed by atoms with Crippen molar-refractivity contribution in [2.75, 3.05) is 5.75 Å². The largest absolute Gasteiger partial charge is 0.387 e. The van der Waals surface area contributed by atoms with Gasteiger partial charge in [-0.25, -0.2) is 21.6 Å². The molecule has 0 saturated heterocycles. The highest BCUT2D eigenvalue weighted by atomic mass is 32.2. The highest BCUT2D eigenvalue weighted by molar-refractivity contribution is 7.90. The van der Waals surface area contributed by atoms with Gasteiger partial charge in [0.05, 0.1) is 17.6 Å². The Morgan fingerprint density at radius 1 is 0.955 bits per heavy atom. The van der Waals surface area contributed by atoms with Gasteiger partial charge in [-0.1, -0.05) is 18.2 Å². The highest BCUT2D eigenvalue weighted by Crippen LogP contribution is 2.20. The molecule has 1 unspecified atom stereocenters. The second-order valence-corrected chi connectivity index (χ2v) is 6.93. The van der Waals surface area contributed by atoms with E-state index in [1.807, 2.05) is 0 Å². The van der Waals surface area contributed by atoms with E-state index in [9.17, 15) is 26.7 Å². The van der Waals surface area contributed by atoms with Gasteiger partial charge in [-0.3, -0.25) is 0 Å². The Bertz CT molecular complexity index is 738. The summed E-state index contributed by atoms with van der Waals surface area (Å²) in [5, 5.41) is 9.87. The molecule has 1 N–H and O–H groups in total. The lowest BCUT2D eigenvalue weighted by Gasteiger charge is -2.12. The fourth-order valence-corrected chi connectivity index (χ4v) is 3.48. The Kier molecular flexibility index (Phi) is 4.87. The van der Waals surface area contributed by atoms with Crippen LogP contribution in [0.5, 0.6) is 0 Å². The van der Waals surface area contributed by atoms with Crippen molar-refractivity contribution in [3.63, 3.8) is 0 Å². The van der Waals surface area contributed by atoms with E-state index in [0.717, 1.165) is 30.3 Å². The lowest BCUT2D eigenvalue weighted by molar-refractivity contribution is 0.201. The molecule has 0 spiro atoms. The van der Waals surface area contributed by atoms with E-state index in [1.165, 1.54) is 12.1 Å². The second kappa shape index (κ2) is 6.50. The van der Waals surface area contributed by atoms with Crippen molar-refractivity contribution in [2.45, 2.75) is 11.9 Å². The molecule has 0 amide bonds. The molecule has 1 atom stereocenters. The van der Waals surface area contributed by atoms with Gasteiger partial charge in [-0.2, -0.15) is 0 Å². The lowest BCUT2D eigenvalue weighted by atomic mass is 10.1. The molecule has 0 aliphatic carbocycles. The van der Waals surface area contributed by atoms with Crippen LogP contribution in [0.1, 0.15) is 17.2 Å². The van der Waals surface area contributed by atoms with Crippen LogP contribution >= 0.6 is 0 Å². The molecule has 2 aromatic carbocycles. The Morgan fingerprint density at radius 2 is 1.50 bits per heavy atom. The Morgan fingerprint density at radius 3 is 2.05 bits per heavy atom. The maximum absolute atomic E-state index is 13.5. The molecular weight excluding hydrogens is 317 g/mol. The summed E-state index contributed by atoms with van der Waals surface area (Å²) in [6, 6.07) is 7.73. The highest BCUT2D eigenvalue weighted by Gasteiger charge is 2.22. The van der Waals surface area contributed by atoms with E-state index in [4.69, 9.17) is 0 Å². The first-order valence-electron chi connectivity index (χ1n) is 6.35. The maximum Gasteiger partial charge on any atom is 0.157 e. The van der Waals surface area contributed by atoms with Gasteiger partial charge in [0.2, 0.25) is 0 Å². The van der Waals surface area contributed by atoms with E-state index in [0.29, 0.717) is 0 Å². The molecule has 7 heteroatoms. The topological polar surface area (TPSA) is 54.4 Å². The van der Waals surface area contributed by atoms with Gasteiger partial charge in [0.1, 0.15) is 17.5 Å². The number of aliphatic hydroxyl groups is 1. The molecule has 0 aromatic heterocycles. The van der Waals surface area contributed by atoms with Gasteiger partial charge in [0, 0.05) is 5.56 Å². The third kappa shape index (κ3) is 4.08. The van der Waals surface area contributed by atoms with E-state index >= 15 is 0 Å². The van der Waals surface area contributed by atoms with Crippen molar-refractivity contribution in [1.29, 1.82) is 0 Å². The molecule has 0 fully saturated rings. The minimum absolute atomic E-state index is 0.207. The van der Waals surface area contributed by atoms with E-state index in [-0.39, 0.29) is 5.56 Å². The first kappa shape index (κ1) is 16.5. The molecule has 3 nitrogen and oxygen atoms in total. The zero-order chi connectivity index (χ0) is 16.3. The molecule has 118 valence electrons. The lowest BCUT2D eigenvalue weighted by Crippen LogP contribution is -2.17. The van der Waals surface area contributed by atoms with Crippen molar-refractivity contribution in [2.24, 2.45) is 0 Å². The van der Waals surface area contributed by atoms with E-state index in [1.54, 1.807) is 0 Å². The van der Waals surface area contributed by atoms with Crippen LogP contribution in [0.3, 0.4) is 0 Å². The molecule has 0 aliphatic heterocycles. The number of halogens is 3. The van der Waals surface area contributed by atoms with Gasteiger partial charge in [0.25, 0.3) is 0 Å². The van der Waals surface area contributed by atoms with Crippen LogP contribution in [0.4, 0.5) is 13.2 Å². The summed E-state index contributed by atoms with van der Waals surface area (Å²) < 4.78 is 63.7. The van der Waals surface area contributed by atoms with Crippen LogP contribution in [0, 0.1) is 17.5 Å². The SMILES string of the molecule is O=S(=O)(Cc1c(F)cccc1F)CC(O)c1ccc(F)cc1. The average molecular weight is 330 g/mol. The molecular formula is C15H13F3O3S. The predicted octanol–water partition coefficient (Wildman–Crippen LogP) is 2.75. The summed E-state index contributed by atoms with van der Waals surface area (Å²) in [5.74, 6) is -4.01. The van der Waals surface area contributed by atoms with Crippen LogP contribution in [-0.4, -0.2) is 19.3 Å². The zero-order valence-electron chi connectivity index (χ0n) is 11.3. The first-order valence-corrected chi connectivity index (χ1v) is 8.17. The van der Waals surface area contributed by atoms with E-state index < -0.39 is 50.5 Å². The first-order chi connectivity index (χ1) is 10.3. The van der Waals surface area contributed by atoms with Crippen molar-refractivity contribution in [3.8, 4) is 0 Å². The summed E-state index contributed by atoms with van der Waals surface area (Å²) in [5.41, 5.74) is -0.354. The number of hydrogen-bond acceptors (Lipinski definition) is 3. The quantitative estimate of drug-likeness (QED) is 0.917. The van der Waals surface area contributed by atoms with Gasteiger partial charge < -0.3 is 5.11 Å². The van der Waals surface area contributed by atoms with Gasteiger partial charge in [-0.15, -0.1) is 0 Å². The van der Waals surface area contributed by atoms with Gasteiger partial charge >= 0.3 is 0 Å². The minimum atomic E-state index is -3.96. The van der Waals surface area contributed by atoms with Crippen LogP contribution in [0.15, 0.2) is 42.5 Å². The summed E-state index contributed by atoms with van der Waals surface area (Å²) in [6.45, 7) is 0. The Labute approximate surface area is 125 Å². The second-order valence-electron chi connectivity index (χ2n) is 4.82. The van der Waals surface area contributed by atoms with Crippen LogP contribution in [0.25, 0.3) is 0 Å². The van der Waals surface area contributed by atoms with Crippen LogP contribution in [0.2, 0.25) is 0 Å². The number of aliphatic hydroxyl groups excluding tert-OH is 1. The molecule has 0 aliphatic rings. The van der Waals surface area contributed by atoms with Crippen LogP contribution < -0.4 is 0 Å². The normalized spacial score (nSPS) is 13.1. The summed E-state index contributed by atoms with van der Waals surface area (Å²) in [7, 11) is -3.96. The van der Waals surface area contributed by atoms with Gasteiger partial charge in [-0.05, 0) is 29.8 Å². The monoisotopic (exact) mass is 330 g/mol. The molecule has 2 rings (SSSR count). The van der Waals surface area contributed by atoms with Crippen molar-refractivity contribution >= 4 is 9.84 Å². The third-order valence-electron chi connectivity index (χ3n) is 3.09. The summed E-state index contributed by atoms with van der Waals surface area (Å²) in [4.78, 5) is 0. The molecule has 0 heterocycles. The molecule has 0 saturated carbocycles.